The molecular weight excluding hydrogens is 156 g/mol. The zero-order valence-electron chi connectivity index (χ0n) is 7.29. The van der Waals surface area contributed by atoms with Gasteiger partial charge in [0.25, 0.3) is 0 Å². The summed E-state index contributed by atoms with van der Waals surface area (Å²) in [5.74, 6) is 0. The zero-order chi connectivity index (χ0) is 8.27. The molecule has 3 heteroatoms. The first-order chi connectivity index (χ1) is 5.18. The number of thiazole rings is 1. The van der Waals surface area contributed by atoms with Crippen LogP contribution in [0.1, 0.15) is 10.7 Å². The molecule has 1 heterocycles. The van der Waals surface area contributed by atoms with E-state index in [4.69, 9.17) is 0 Å². The van der Waals surface area contributed by atoms with E-state index in [9.17, 15) is 0 Å². The molecule has 0 radical (unpaired) electrons. The predicted molar refractivity (Wildman–Crippen MR) is 49.1 cm³/mol. The molecule has 62 valence electrons. The number of hydrogen-bond acceptors (Lipinski definition) is 3. The average Bonchev–Trinajstić information content (AvgIpc) is 2.31. The van der Waals surface area contributed by atoms with Crippen LogP contribution in [-0.2, 0) is 6.42 Å². The van der Waals surface area contributed by atoms with Crippen LogP contribution in [-0.4, -0.2) is 30.5 Å². The van der Waals surface area contributed by atoms with Crippen molar-refractivity contribution in [3.05, 3.63) is 16.1 Å². The molecule has 2 nitrogen and oxygen atoms in total. The minimum atomic E-state index is 1.07. The van der Waals surface area contributed by atoms with Crippen molar-refractivity contribution >= 4 is 11.3 Å². The van der Waals surface area contributed by atoms with E-state index in [1.54, 1.807) is 11.3 Å². The van der Waals surface area contributed by atoms with E-state index < -0.39 is 0 Å². The third kappa shape index (κ3) is 2.99. The van der Waals surface area contributed by atoms with Crippen LogP contribution in [0.25, 0.3) is 0 Å². The highest BCUT2D eigenvalue weighted by atomic mass is 32.1. The first-order valence-corrected chi connectivity index (χ1v) is 4.62. The highest BCUT2D eigenvalue weighted by molar-refractivity contribution is 7.09. The summed E-state index contributed by atoms with van der Waals surface area (Å²) in [6.45, 7) is 3.13. The number of nitrogens with zero attached hydrogens (tertiary/aromatic N) is 2. The second kappa shape index (κ2) is 3.83. The van der Waals surface area contributed by atoms with Crippen LogP contribution in [0.15, 0.2) is 5.38 Å². The van der Waals surface area contributed by atoms with E-state index in [2.05, 4.69) is 29.4 Å². The molecule has 0 spiro atoms. The first kappa shape index (κ1) is 8.68. The van der Waals surface area contributed by atoms with E-state index in [0.29, 0.717) is 0 Å². The Morgan fingerprint density at radius 1 is 1.55 bits per heavy atom. The first-order valence-electron chi connectivity index (χ1n) is 3.74. The van der Waals surface area contributed by atoms with Crippen molar-refractivity contribution in [2.24, 2.45) is 0 Å². The van der Waals surface area contributed by atoms with Crippen molar-refractivity contribution in [3.8, 4) is 0 Å². The van der Waals surface area contributed by atoms with Gasteiger partial charge in [-0.15, -0.1) is 11.3 Å². The second-order valence-corrected chi connectivity index (χ2v) is 3.97. The summed E-state index contributed by atoms with van der Waals surface area (Å²) in [6, 6.07) is 0. The minimum absolute atomic E-state index is 1.07. The van der Waals surface area contributed by atoms with Crippen LogP contribution >= 0.6 is 11.3 Å². The summed E-state index contributed by atoms with van der Waals surface area (Å²) < 4.78 is 0. The summed E-state index contributed by atoms with van der Waals surface area (Å²) in [7, 11) is 4.17. The molecule has 11 heavy (non-hydrogen) atoms. The lowest BCUT2D eigenvalue weighted by Crippen LogP contribution is -2.15. The Hall–Kier alpha value is -0.410. The van der Waals surface area contributed by atoms with E-state index >= 15 is 0 Å². The van der Waals surface area contributed by atoms with Gasteiger partial charge in [-0.25, -0.2) is 4.98 Å². The number of likely N-dealkylation sites (N-methyl/N-ethyl adjacent to an activating group) is 1. The maximum Gasteiger partial charge on any atom is 0.0897 e. The summed E-state index contributed by atoms with van der Waals surface area (Å²) in [5, 5.41) is 3.30. The third-order valence-corrected chi connectivity index (χ3v) is 2.30. The quantitative estimate of drug-likeness (QED) is 0.684. The van der Waals surface area contributed by atoms with E-state index in [0.717, 1.165) is 13.0 Å². The SMILES string of the molecule is Cc1nc(CCN(C)C)cs1. The van der Waals surface area contributed by atoms with Crippen molar-refractivity contribution < 1.29 is 0 Å². The van der Waals surface area contributed by atoms with Gasteiger partial charge >= 0.3 is 0 Å². The molecule has 0 atom stereocenters. The summed E-state index contributed by atoms with van der Waals surface area (Å²) in [4.78, 5) is 6.55. The van der Waals surface area contributed by atoms with Gasteiger partial charge in [-0.3, -0.25) is 0 Å². The molecule has 0 saturated heterocycles. The number of aromatic nitrogens is 1. The normalized spacial score (nSPS) is 10.9. The molecule has 0 amide bonds. The Labute approximate surface area is 71.9 Å². The Morgan fingerprint density at radius 2 is 2.27 bits per heavy atom. The molecule has 0 saturated carbocycles. The monoisotopic (exact) mass is 170 g/mol. The number of rotatable bonds is 3. The standard InChI is InChI=1S/C8H14N2S/c1-7-9-8(6-11-7)4-5-10(2)3/h6H,4-5H2,1-3H3. The van der Waals surface area contributed by atoms with Gasteiger partial charge in [0.2, 0.25) is 0 Å². The van der Waals surface area contributed by atoms with E-state index in [1.807, 2.05) is 6.92 Å². The average molecular weight is 170 g/mol. The minimum Gasteiger partial charge on any atom is -0.309 e. The molecule has 0 aromatic carbocycles. The van der Waals surface area contributed by atoms with Crippen molar-refractivity contribution in [1.82, 2.24) is 9.88 Å². The van der Waals surface area contributed by atoms with Crippen molar-refractivity contribution in [1.29, 1.82) is 0 Å². The van der Waals surface area contributed by atoms with Gasteiger partial charge in [0.05, 0.1) is 10.7 Å². The van der Waals surface area contributed by atoms with Crippen LogP contribution in [0, 0.1) is 6.92 Å². The summed E-state index contributed by atoms with van der Waals surface area (Å²) in [6.07, 6.45) is 1.07. The second-order valence-electron chi connectivity index (χ2n) is 2.91. The van der Waals surface area contributed by atoms with Crippen LogP contribution in [0.4, 0.5) is 0 Å². The third-order valence-electron chi connectivity index (χ3n) is 1.48. The molecule has 0 N–H and O–H groups in total. The van der Waals surface area contributed by atoms with E-state index in [-0.39, 0.29) is 0 Å². The Balaban J connectivity index is 2.39. The van der Waals surface area contributed by atoms with Gasteiger partial charge in [-0.2, -0.15) is 0 Å². The van der Waals surface area contributed by atoms with Crippen LogP contribution < -0.4 is 0 Å². The zero-order valence-corrected chi connectivity index (χ0v) is 8.11. The van der Waals surface area contributed by atoms with Gasteiger partial charge in [0, 0.05) is 18.3 Å². The van der Waals surface area contributed by atoms with Gasteiger partial charge in [-0.1, -0.05) is 0 Å². The Kier molecular flexibility index (Phi) is 3.02. The van der Waals surface area contributed by atoms with Crippen molar-refractivity contribution in [2.45, 2.75) is 13.3 Å². The lowest BCUT2D eigenvalue weighted by atomic mass is 10.3. The Bertz CT molecular complexity index is 218. The lowest BCUT2D eigenvalue weighted by molar-refractivity contribution is 0.412. The molecule has 1 aromatic rings. The van der Waals surface area contributed by atoms with E-state index in [1.165, 1.54) is 10.7 Å². The summed E-state index contributed by atoms with van der Waals surface area (Å²) in [5.41, 5.74) is 1.22. The molecule has 0 aliphatic heterocycles. The van der Waals surface area contributed by atoms with Gasteiger partial charge in [0.15, 0.2) is 0 Å². The fourth-order valence-corrected chi connectivity index (χ4v) is 1.51. The molecule has 1 rings (SSSR count). The lowest BCUT2D eigenvalue weighted by Gasteiger charge is -2.06. The molecule has 0 unspecified atom stereocenters. The molecule has 0 bridgehead atoms. The number of aryl methyl sites for hydroxylation is 1. The van der Waals surface area contributed by atoms with Gasteiger partial charge in [0.1, 0.15) is 0 Å². The van der Waals surface area contributed by atoms with Crippen LogP contribution in [0.3, 0.4) is 0 Å². The fraction of sp³-hybridized carbons (Fsp3) is 0.625. The van der Waals surface area contributed by atoms with Gasteiger partial charge in [-0.05, 0) is 21.0 Å². The molecule has 1 aromatic heterocycles. The fourth-order valence-electron chi connectivity index (χ4n) is 0.861. The topological polar surface area (TPSA) is 16.1 Å². The maximum atomic E-state index is 4.37. The number of hydrogen-bond donors (Lipinski definition) is 0. The summed E-state index contributed by atoms with van der Waals surface area (Å²) >= 11 is 1.73. The van der Waals surface area contributed by atoms with Crippen molar-refractivity contribution in [2.75, 3.05) is 20.6 Å². The Morgan fingerprint density at radius 3 is 2.73 bits per heavy atom. The molecule has 0 fully saturated rings. The molecule has 0 aliphatic rings. The van der Waals surface area contributed by atoms with Crippen LogP contribution in [0.5, 0.6) is 0 Å². The largest absolute Gasteiger partial charge is 0.309 e. The smallest absolute Gasteiger partial charge is 0.0897 e. The molecular formula is C8H14N2S. The van der Waals surface area contributed by atoms with Gasteiger partial charge < -0.3 is 4.90 Å². The van der Waals surface area contributed by atoms with Crippen LogP contribution in [0.2, 0.25) is 0 Å². The highest BCUT2D eigenvalue weighted by Gasteiger charge is 1.97. The van der Waals surface area contributed by atoms with Crippen molar-refractivity contribution in [3.63, 3.8) is 0 Å². The predicted octanol–water partition coefficient (Wildman–Crippen LogP) is 1.56. The maximum absolute atomic E-state index is 4.37. The highest BCUT2D eigenvalue weighted by Crippen LogP contribution is 2.08. The molecule has 0 aliphatic carbocycles.